The molecule has 2 atom stereocenters. The molecule has 1 aromatic rings. The van der Waals surface area contributed by atoms with E-state index >= 15 is 0 Å². The smallest absolute Gasteiger partial charge is 0.249 e. The second-order valence-corrected chi connectivity index (χ2v) is 7.15. The number of morpholine rings is 1. The van der Waals surface area contributed by atoms with E-state index in [1.807, 2.05) is 35.2 Å². The maximum atomic E-state index is 13.1. The summed E-state index contributed by atoms with van der Waals surface area (Å²) < 4.78 is 5.41. The lowest BCUT2D eigenvalue weighted by molar-refractivity contribution is -0.161. The first-order valence-electron chi connectivity index (χ1n) is 9.16. The van der Waals surface area contributed by atoms with Gasteiger partial charge in [-0.1, -0.05) is 30.3 Å². The highest BCUT2D eigenvalue weighted by Crippen LogP contribution is 2.23. The summed E-state index contributed by atoms with van der Waals surface area (Å²) in [7, 11) is 0. The molecular formula is C19H25N3O3. The van der Waals surface area contributed by atoms with Crippen LogP contribution < -0.4 is 0 Å². The van der Waals surface area contributed by atoms with Crippen molar-refractivity contribution < 1.29 is 14.3 Å². The van der Waals surface area contributed by atoms with Crippen LogP contribution in [0, 0.1) is 0 Å². The first kappa shape index (κ1) is 16.5. The van der Waals surface area contributed by atoms with Crippen molar-refractivity contribution in [2.45, 2.75) is 31.5 Å². The minimum Gasteiger partial charge on any atom is -0.369 e. The predicted octanol–water partition coefficient (Wildman–Crippen LogP) is 0.721. The Labute approximate surface area is 148 Å². The molecule has 25 heavy (non-hydrogen) atoms. The van der Waals surface area contributed by atoms with Crippen LogP contribution in [0.25, 0.3) is 0 Å². The Balaban J connectivity index is 1.48. The third kappa shape index (κ3) is 3.41. The number of piperazine rings is 1. The van der Waals surface area contributed by atoms with E-state index in [2.05, 4.69) is 4.90 Å². The molecular weight excluding hydrogens is 318 g/mol. The van der Waals surface area contributed by atoms with Crippen molar-refractivity contribution in [3.8, 4) is 0 Å². The molecule has 3 fully saturated rings. The van der Waals surface area contributed by atoms with Crippen LogP contribution in [0.2, 0.25) is 0 Å². The van der Waals surface area contributed by atoms with Crippen LogP contribution in [0.4, 0.5) is 0 Å². The number of benzene rings is 1. The van der Waals surface area contributed by atoms with Gasteiger partial charge in [0.2, 0.25) is 11.8 Å². The number of carbonyl (C=O) groups excluding carboxylic acids is 2. The summed E-state index contributed by atoms with van der Waals surface area (Å²) in [6.07, 6.45) is 2.38. The van der Waals surface area contributed by atoms with Crippen LogP contribution in [0.5, 0.6) is 0 Å². The number of nitrogens with zero attached hydrogens (tertiary/aromatic N) is 3. The van der Waals surface area contributed by atoms with Gasteiger partial charge in [-0.2, -0.15) is 0 Å². The summed E-state index contributed by atoms with van der Waals surface area (Å²) in [5.74, 6) is -0.0662. The fraction of sp³-hybridized carbons (Fsp3) is 0.579. The van der Waals surface area contributed by atoms with E-state index in [0.29, 0.717) is 19.2 Å². The van der Waals surface area contributed by atoms with Gasteiger partial charge in [0.05, 0.1) is 6.61 Å². The standard InChI is InChI=1S/C19H25N3O3/c23-18-14-25-13-17(22(18)11-15-5-2-1-3-6-15)19(24)21-10-9-20-8-4-7-16(20)12-21/h1-3,5-6,16-17H,4,7-14H2/t16-,17-/m1/s1. The van der Waals surface area contributed by atoms with Gasteiger partial charge in [-0.15, -0.1) is 0 Å². The Morgan fingerprint density at radius 1 is 1.16 bits per heavy atom. The van der Waals surface area contributed by atoms with E-state index in [1.54, 1.807) is 4.90 Å². The van der Waals surface area contributed by atoms with Crippen molar-refractivity contribution in [3.05, 3.63) is 35.9 Å². The summed E-state index contributed by atoms with van der Waals surface area (Å²) in [4.78, 5) is 31.6. The first-order chi connectivity index (χ1) is 12.2. The number of fused-ring (bicyclic) bond motifs is 1. The maximum Gasteiger partial charge on any atom is 0.249 e. The number of hydrogen-bond acceptors (Lipinski definition) is 4. The first-order valence-corrected chi connectivity index (χ1v) is 9.16. The van der Waals surface area contributed by atoms with Crippen LogP contribution in [0.15, 0.2) is 30.3 Å². The van der Waals surface area contributed by atoms with Crippen molar-refractivity contribution in [2.24, 2.45) is 0 Å². The van der Waals surface area contributed by atoms with Gasteiger partial charge in [-0.25, -0.2) is 0 Å². The monoisotopic (exact) mass is 343 g/mol. The van der Waals surface area contributed by atoms with Crippen molar-refractivity contribution in [1.82, 2.24) is 14.7 Å². The Morgan fingerprint density at radius 3 is 2.84 bits per heavy atom. The normalized spacial score (nSPS) is 27.4. The molecule has 6 heteroatoms. The van der Waals surface area contributed by atoms with Gasteiger partial charge in [0.15, 0.2) is 0 Å². The topological polar surface area (TPSA) is 53.1 Å². The van der Waals surface area contributed by atoms with E-state index in [9.17, 15) is 9.59 Å². The molecule has 3 aliphatic rings. The summed E-state index contributed by atoms with van der Waals surface area (Å²) >= 11 is 0. The van der Waals surface area contributed by atoms with E-state index in [-0.39, 0.29) is 18.4 Å². The van der Waals surface area contributed by atoms with E-state index in [1.165, 1.54) is 6.42 Å². The summed E-state index contributed by atoms with van der Waals surface area (Å²) in [6, 6.07) is 9.82. The number of rotatable bonds is 3. The fourth-order valence-corrected chi connectivity index (χ4v) is 4.19. The third-order valence-corrected chi connectivity index (χ3v) is 5.58. The van der Waals surface area contributed by atoms with Crippen LogP contribution in [0.1, 0.15) is 18.4 Å². The van der Waals surface area contributed by atoms with Gasteiger partial charge in [-0.3, -0.25) is 14.5 Å². The maximum absolute atomic E-state index is 13.1. The highest BCUT2D eigenvalue weighted by Gasteiger charge is 2.39. The zero-order chi connectivity index (χ0) is 17.2. The lowest BCUT2D eigenvalue weighted by Crippen LogP contribution is -2.60. The van der Waals surface area contributed by atoms with Gasteiger partial charge in [0.25, 0.3) is 0 Å². The van der Waals surface area contributed by atoms with Crippen LogP contribution in [-0.2, 0) is 20.9 Å². The molecule has 0 aliphatic carbocycles. The highest BCUT2D eigenvalue weighted by molar-refractivity contribution is 5.89. The van der Waals surface area contributed by atoms with Crippen molar-refractivity contribution in [2.75, 3.05) is 39.4 Å². The van der Waals surface area contributed by atoms with Gasteiger partial charge in [0.1, 0.15) is 12.6 Å². The molecule has 0 saturated carbocycles. The Hall–Kier alpha value is -1.92. The summed E-state index contributed by atoms with van der Waals surface area (Å²) in [5.41, 5.74) is 1.04. The third-order valence-electron chi connectivity index (χ3n) is 5.58. The SMILES string of the molecule is O=C([C@H]1COCC(=O)N1Cc1ccccc1)N1CCN2CCC[C@@H]2C1. The molecule has 6 nitrogen and oxygen atoms in total. The molecule has 0 spiro atoms. The number of hydrogen-bond donors (Lipinski definition) is 0. The minimum absolute atomic E-state index is 0.0375. The molecule has 0 radical (unpaired) electrons. The lowest BCUT2D eigenvalue weighted by Gasteiger charge is -2.42. The molecule has 1 aromatic carbocycles. The van der Waals surface area contributed by atoms with Crippen LogP contribution in [0.3, 0.4) is 0 Å². The Morgan fingerprint density at radius 2 is 2.00 bits per heavy atom. The molecule has 3 heterocycles. The second-order valence-electron chi connectivity index (χ2n) is 7.15. The second kappa shape index (κ2) is 7.14. The molecule has 0 aromatic heterocycles. The van der Waals surface area contributed by atoms with E-state index in [0.717, 1.165) is 38.2 Å². The molecule has 0 bridgehead atoms. The van der Waals surface area contributed by atoms with Crippen LogP contribution >= 0.6 is 0 Å². The molecule has 0 N–H and O–H groups in total. The molecule has 2 amide bonds. The molecule has 3 saturated heterocycles. The quantitative estimate of drug-likeness (QED) is 0.812. The Bertz CT molecular complexity index is 636. The lowest BCUT2D eigenvalue weighted by atomic mass is 10.1. The molecule has 4 rings (SSSR count). The molecule has 134 valence electrons. The Kier molecular flexibility index (Phi) is 4.72. The predicted molar refractivity (Wildman–Crippen MR) is 92.8 cm³/mol. The number of ether oxygens (including phenoxy) is 1. The summed E-state index contributed by atoms with van der Waals surface area (Å²) in [5, 5.41) is 0. The van der Waals surface area contributed by atoms with Crippen molar-refractivity contribution >= 4 is 11.8 Å². The minimum atomic E-state index is -0.505. The summed E-state index contributed by atoms with van der Waals surface area (Å²) in [6.45, 7) is 4.44. The average molecular weight is 343 g/mol. The van der Waals surface area contributed by atoms with Gasteiger partial charge in [-0.05, 0) is 24.9 Å². The largest absolute Gasteiger partial charge is 0.369 e. The fourth-order valence-electron chi connectivity index (χ4n) is 4.19. The molecule has 3 aliphatic heterocycles. The van der Waals surface area contributed by atoms with Gasteiger partial charge in [0, 0.05) is 32.2 Å². The van der Waals surface area contributed by atoms with Gasteiger partial charge >= 0.3 is 0 Å². The number of amides is 2. The zero-order valence-corrected chi connectivity index (χ0v) is 14.5. The number of carbonyl (C=O) groups is 2. The van der Waals surface area contributed by atoms with Crippen molar-refractivity contribution in [1.29, 1.82) is 0 Å². The van der Waals surface area contributed by atoms with Gasteiger partial charge < -0.3 is 14.5 Å². The zero-order valence-electron chi connectivity index (χ0n) is 14.5. The highest BCUT2D eigenvalue weighted by atomic mass is 16.5. The molecule has 0 unspecified atom stereocenters. The van der Waals surface area contributed by atoms with Crippen molar-refractivity contribution in [3.63, 3.8) is 0 Å². The average Bonchev–Trinajstić information content (AvgIpc) is 3.11. The van der Waals surface area contributed by atoms with E-state index in [4.69, 9.17) is 4.74 Å². The van der Waals surface area contributed by atoms with Crippen LogP contribution in [-0.4, -0.2) is 78.0 Å². The van der Waals surface area contributed by atoms with E-state index < -0.39 is 6.04 Å².